The van der Waals surface area contributed by atoms with E-state index in [0.29, 0.717) is 6.61 Å². The maximum absolute atomic E-state index is 15.4. The molecule has 318 valence electrons. The molecular formula is C33H83O11PSi8. The van der Waals surface area contributed by atoms with Gasteiger partial charge in [0.1, 0.15) is 36.6 Å². The molecule has 0 aliphatic heterocycles. The first-order valence-electron chi connectivity index (χ1n) is 19.4. The summed E-state index contributed by atoms with van der Waals surface area (Å²) in [5.41, 5.74) is 0. The number of phosphoric acid groups is 1. The summed E-state index contributed by atoms with van der Waals surface area (Å²) in [6.45, 7) is 51.5. The molecule has 0 spiro atoms. The van der Waals surface area contributed by atoms with Gasteiger partial charge in [0.25, 0.3) is 0 Å². The van der Waals surface area contributed by atoms with Crippen LogP contribution in [-0.4, -0.2) is 122 Å². The maximum Gasteiger partial charge on any atom is 0.465 e. The van der Waals surface area contributed by atoms with Crippen LogP contribution >= 0.6 is 7.82 Å². The van der Waals surface area contributed by atoms with Crippen molar-refractivity contribution in [3.05, 3.63) is 0 Å². The molecule has 1 fully saturated rings. The zero-order chi connectivity index (χ0) is 42.0. The Labute approximate surface area is 334 Å². The molecule has 1 aliphatic rings. The molecule has 20 heteroatoms. The predicted molar refractivity (Wildman–Crippen MR) is 241 cm³/mol. The van der Waals surface area contributed by atoms with E-state index in [9.17, 15) is 0 Å². The van der Waals surface area contributed by atoms with Crippen LogP contribution in [0.4, 0.5) is 0 Å². The van der Waals surface area contributed by atoms with Gasteiger partial charge < -0.3 is 35.2 Å². The first-order chi connectivity index (χ1) is 23.1. The summed E-state index contributed by atoms with van der Waals surface area (Å²) < 4.78 is 83.8. The molecule has 6 atom stereocenters. The van der Waals surface area contributed by atoms with Crippen LogP contribution in [0.1, 0.15) is 0 Å². The average Bonchev–Trinajstić information content (AvgIpc) is 2.81. The Morgan fingerprint density at radius 3 is 0.943 bits per heavy atom. The molecule has 0 aromatic carbocycles. The molecule has 0 amide bonds. The van der Waals surface area contributed by atoms with Gasteiger partial charge in [-0.3, -0.25) is 9.05 Å². The Kier molecular flexibility index (Phi) is 18.7. The summed E-state index contributed by atoms with van der Waals surface area (Å²) in [7, 11) is -22.1. The minimum Gasteiger partial charge on any atom is -0.415 e. The van der Waals surface area contributed by atoms with Crippen LogP contribution in [0.2, 0.25) is 157 Å². The lowest BCUT2D eigenvalue weighted by Crippen LogP contribution is -2.72. The van der Waals surface area contributed by atoms with Crippen molar-refractivity contribution in [3.63, 3.8) is 0 Å². The highest BCUT2D eigenvalue weighted by molar-refractivity contribution is 7.50. The fourth-order valence-corrected chi connectivity index (χ4v) is 16.9. The molecule has 11 nitrogen and oxygen atoms in total. The Hall–Kier alpha value is 1.57. The molecule has 53 heavy (non-hydrogen) atoms. The fourth-order valence-electron chi connectivity index (χ4n) is 5.65. The second-order valence-electron chi connectivity index (χ2n) is 22.3. The van der Waals surface area contributed by atoms with E-state index in [1.165, 1.54) is 0 Å². The minimum atomic E-state index is -4.31. The van der Waals surface area contributed by atoms with Crippen molar-refractivity contribution in [3.8, 4) is 0 Å². The fraction of sp³-hybridized carbons (Fsp3) is 1.00. The summed E-state index contributed by atoms with van der Waals surface area (Å²) in [6.07, 6.45) is -4.45. The van der Waals surface area contributed by atoms with Gasteiger partial charge >= 0.3 is 7.82 Å². The van der Waals surface area contributed by atoms with Gasteiger partial charge in [-0.15, -0.1) is 0 Å². The van der Waals surface area contributed by atoms with Crippen LogP contribution in [0.5, 0.6) is 0 Å². The lowest BCUT2D eigenvalue weighted by molar-refractivity contribution is -0.197. The number of hydrogen-bond donors (Lipinski definition) is 0. The van der Waals surface area contributed by atoms with Gasteiger partial charge in [-0.25, -0.2) is 4.57 Å². The topological polar surface area (TPSA) is 109 Å². The van der Waals surface area contributed by atoms with Crippen molar-refractivity contribution in [2.24, 2.45) is 0 Å². The van der Waals surface area contributed by atoms with Crippen molar-refractivity contribution in [1.29, 1.82) is 0 Å². The van der Waals surface area contributed by atoms with E-state index in [2.05, 4.69) is 137 Å². The smallest absolute Gasteiger partial charge is 0.415 e. The van der Waals surface area contributed by atoms with Crippen molar-refractivity contribution in [1.82, 2.24) is 0 Å². The third-order valence-electron chi connectivity index (χ3n) is 6.67. The van der Waals surface area contributed by atoms with E-state index in [4.69, 9.17) is 44.2 Å². The van der Waals surface area contributed by atoms with Gasteiger partial charge in [0, 0.05) is 0 Å². The zero-order valence-electron chi connectivity index (χ0n) is 38.4. The predicted octanol–water partition coefficient (Wildman–Crippen LogP) is 10.5. The molecular weight excluding hydrogens is 828 g/mol. The number of hydrogen-bond acceptors (Lipinski definition) is 11. The van der Waals surface area contributed by atoms with E-state index < -0.39 is 117 Å². The van der Waals surface area contributed by atoms with Gasteiger partial charge in [0.15, 0.2) is 66.5 Å². The van der Waals surface area contributed by atoms with Crippen LogP contribution < -0.4 is 0 Å². The van der Waals surface area contributed by atoms with Gasteiger partial charge in [-0.1, -0.05) is 0 Å². The number of phosphoric ester groups is 1. The Balaban J connectivity index is 4.15. The van der Waals surface area contributed by atoms with E-state index in [-0.39, 0.29) is 6.61 Å². The third kappa shape index (κ3) is 23.1. The summed E-state index contributed by atoms with van der Waals surface area (Å²) in [5, 5.41) is 0. The van der Waals surface area contributed by atoms with Crippen molar-refractivity contribution >= 4 is 74.4 Å². The Morgan fingerprint density at radius 2 is 0.698 bits per heavy atom. The minimum absolute atomic E-state index is 0.0205. The average molecular weight is 912 g/mol. The van der Waals surface area contributed by atoms with Crippen molar-refractivity contribution in [2.45, 2.75) is 200 Å². The Morgan fingerprint density at radius 1 is 0.396 bits per heavy atom. The van der Waals surface area contributed by atoms with Gasteiger partial charge in [0.05, 0.1) is 19.3 Å². The van der Waals surface area contributed by atoms with Crippen molar-refractivity contribution in [2.75, 3.05) is 13.2 Å². The molecule has 0 saturated heterocycles. The SMILES string of the molecule is C[Si](C)(C)OCC(COP(=O)(OC1C(O[Si](C)(C)C)C(O[Si](C)(C)C)C(O[Si](C)(C)C)C(O[Si](C)(C)C)C1O[Si](C)(C)C)O[Si](C)(C)C)O[Si](C)(C)C. The van der Waals surface area contributed by atoms with Crippen LogP contribution in [-0.2, 0) is 48.8 Å². The van der Waals surface area contributed by atoms with E-state index in [1.54, 1.807) is 0 Å². The van der Waals surface area contributed by atoms with E-state index in [0.717, 1.165) is 0 Å². The number of rotatable bonds is 22. The van der Waals surface area contributed by atoms with Crippen molar-refractivity contribution < 1.29 is 48.8 Å². The largest absolute Gasteiger partial charge is 0.465 e. The third-order valence-corrected chi connectivity index (χ3v) is 17.7. The molecule has 0 bridgehead atoms. The molecule has 0 aromatic rings. The second kappa shape index (κ2) is 18.9. The van der Waals surface area contributed by atoms with Crippen LogP contribution in [0.25, 0.3) is 0 Å². The summed E-state index contributed by atoms with van der Waals surface area (Å²) in [6, 6.07) is 0. The van der Waals surface area contributed by atoms with Gasteiger partial charge in [0.2, 0.25) is 0 Å². The summed E-state index contributed by atoms with van der Waals surface area (Å²) in [4.78, 5) is 0. The van der Waals surface area contributed by atoms with Gasteiger partial charge in [-0.2, -0.15) is 0 Å². The molecule has 1 rings (SSSR count). The van der Waals surface area contributed by atoms with Crippen LogP contribution in [0, 0.1) is 0 Å². The zero-order valence-corrected chi connectivity index (χ0v) is 47.3. The molecule has 1 saturated carbocycles. The Bertz CT molecular complexity index is 1130. The quantitative estimate of drug-likeness (QED) is 0.0765. The van der Waals surface area contributed by atoms with Gasteiger partial charge in [-0.05, 0) is 157 Å². The molecule has 0 radical (unpaired) electrons. The normalized spacial score (nSPS) is 26.4. The standard InChI is InChI=1S/C33H83O11PSi8/c1-46(2,3)36-26-27(38-47(4,5)6)25-35-45(34,44-53(22,23)24)37-28-29(39-48(7,8)9)31(41-50(13,14)15)33(43-52(19,20)21)32(42-51(16,17)18)30(28)40-49(10,11)12/h27-33H,25-26H2,1-24H3. The monoisotopic (exact) mass is 910 g/mol. The molecule has 1 aliphatic carbocycles. The van der Waals surface area contributed by atoms with E-state index in [1.807, 2.05) is 19.6 Å². The molecule has 0 N–H and O–H groups in total. The highest BCUT2D eigenvalue weighted by Crippen LogP contribution is 2.56. The maximum atomic E-state index is 15.4. The van der Waals surface area contributed by atoms with Crippen LogP contribution in [0.3, 0.4) is 0 Å². The lowest BCUT2D eigenvalue weighted by atomic mass is 9.85. The molecule has 6 unspecified atom stereocenters. The van der Waals surface area contributed by atoms with E-state index >= 15 is 4.57 Å². The molecule has 0 heterocycles. The summed E-state index contributed by atoms with van der Waals surface area (Å²) in [5.74, 6) is 0. The lowest BCUT2D eigenvalue weighted by Gasteiger charge is -2.55. The second-order valence-corrected chi connectivity index (χ2v) is 59.9. The summed E-state index contributed by atoms with van der Waals surface area (Å²) >= 11 is 0. The highest BCUT2D eigenvalue weighted by Gasteiger charge is 2.60. The van der Waals surface area contributed by atoms with Crippen LogP contribution in [0.15, 0.2) is 0 Å². The molecule has 0 aromatic heterocycles. The first kappa shape index (κ1) is 52.6. The first-order valence-corrected chi connectivity index (χ1v) is 48.1. The highest BCUT2D eigenvalue weighted by atomic mass is 31.2.